The third kappa shape index (κ3) is 4.38. The van der Waals surface area contributed by atoms with Gasteiger partial charge < -0.3 is 10.6 Å². The Morgan fingerprint density at radius 3 is 2.78 bits per heavy atom. The zero-order chi connectivity index (χ0) is 13.5. The Hall–Kier alpha value is -0.940. The van der Waals surface area contributed by atoms with Gasteiger partial charge in [0.2, 0.25) is 5.91 Å². The van der Waals surface area contributed by atoms with Crippen LogP contribution in [-0.2, 0) is 4.79 Å². The van der Waals surface area contributed by atoms with E-state index >= 15 is 0 Å². The number of hydrogen-bond donors (Lipinski definition) is 2. The number of carbonyl (C=O) groups excluding carboxylic acids is 1. The Labute approximate surface area is 113 Å². The van der Waals surface area contributed by atoms with Crippen molar-refractivity contribution in [2.75, 3.05) is 11.9 Å². The molecule has 1 aromatic rings. The van der Waals surface area contributed by atoms with Gasteiger partial charge in [0.25, 0.3) is 0 Å². The van der Waals surface area contributed by atoms with Crippen LogP contribution in [0, 0.1) is 5.92 Å². The van der Waals surface area contributed by atoms with Crippen LogP contribution in [0.5, 0.6) is 0 Å². The lowest BCUT2D eigenvalue weighted by molar-refractivity contribution is -0.119. The number of carbonyl (C=O) groups is 1. The molecule has 0 aliphatic rings. The third-order valence-electron chi connectivity index (χ3n) is 2.96. The zero-order valence-corrected chi connectivity index (χ0v) is 12.4. The number of anilines is 1. The van der Waals surface area contributed by atoms with E-state index in [1.807, 2.05) is 19.2 Å². The molecule has 0 fully saturated rings. The molecule has 0 saturated carbocycles. The summed E-state index contributed by atoms with van der Waals surface area (Å²) >= 11 is 1.48. The minimum Gasteiger partial charge on any atom is -0.309 e. The van der Waals surface area contributed by atoms with Crippen LogP contribution in [0.1, 0.15) is 52.3 Å². The zero-order valence-electron chi connectivity index (χ0n) is 11.6. The standard InChI is InChI=1S/C13H23N3OS/c1-5-7-14-10(4)11-8-18-13(15-11)16-12(17)9(3)6-2/h8-10,14H,5-7H2,1-4H3,(H,15,16,17). The van der Waals surface area contributed by atoms with Crippen LogP contribution >= 0.6 is 11.3 Å². The summed E-state index contributed by atoms with van der Waals surface area (Å²) in [5.74, 6) is 0.0839. The molecule has 1 rings (SSSR count). The summed E-state index contributed by atoms with van der Waals surface area (Å²) in [4.78, 5) is 16.2. The SMILES string of the molecule is CCCNC(C)c1csc(NC(=O)C(C)CC)n1. The lowest BCUT2D eigenvalue weighted by Crippen LogP contribution is -2.21. The molecule has 4 nitrogen and oxygen atoms in total. The molecular weight excluding hydrogens is 246 g/mol. The van der Waals surface area contributed by atoms with E-state index < -0.39 is 0 Å². The molecule has 0 aliphatic heterocycles. The summed E-state index contributed by atoms with van der Waals surface area (Å²) in [5, 5.41) is 8.94. The van der Waals surface area contributed by atoms with Crippen LogP contribution in [0.15, 0.2) is 5.38 Å². The van der Waals surface area contributed by atoms with Crippen LogP contribution in [0.25, 0.3) is 0 Å². The van der Waals surface area contributed by atoms with E-state index in [0.717, 1.165) is 25.1 Å². The van der Waals surface area contributed by atoms with Gasteiger partial charge in [0.1, 0.15) is 0 Å². The molecule has 1 amide bonds. The van der Waals surface area contributed by atoms with Gasteiger partial charge in [-0.2, -0.15) is 0 Å². The molecule has 0 saturated heterocycles. The predicted octanol–water partition coefficient (Wildman–Crippen LogP) is 3.19. The van der Waals surface area contributed by atoms with E-state index in [1.54, 1.807) is 0 Å². The quantitative estimate of drug-likeness (QED) is 0.799. The highest BCUT2D eigenvalue weighted by atomic mass is 32.1. The first-order valence-electron chi connectivity index (χ1n) is 6.58. The van der Waals surface area contributed by atoms with Crippen LogP contribution < -0.4 is 10.6 Å². The Morgan fingerprint density at radius 2 is 2.17 bits per heavy atom. The molecule has 0 bridgehead atoms. The third-order valence-corrected chi connectivity index (χ3v) is 3.73. The smallest absolute Gasteiger partial charge is 0.228 e. The molecular formula is C13H23N3OS. The first kappa shape index (κ1) is 15.1. The Bertz CT molecular complexity index is 378. The van der Waals surface area contributed by atoms with E-state index in [2.05, 4.69) is 29.5 Å². The van der Waals surface area contributed by atoms with Gasteiger partial charge in [-0.25, -0.2) is 4.98 Å². The van der Waals surface area contributed by atoms with Gasteiger partial charge >= 0.3 is 0 Å². The van der Waals surface area contributed by atoms with Gasteiger partial charge in [0.15, 0.2) is 5.13 Å². The molecule has 0 spiro atoms. The Kier molecular flexibility index (Phi) is 6.29. The highest BCUT2D eigenvalue weighted by Gasteiger charge is 2.14. The van der Waals surface area contributed by atoms with Crippen molar-refractivity contribution in [2.45, 2.75) is 46.6 Å². The lowest BCUT2D eigenvalue weighted by atomic mass is 10.1. The van der Waals surface area contributed by atoms with Crippen molar-refractivity contribution in [3.63, 3.8) is 0 Å². The normalized spacial score (nSPS) is 14.2. The summed E-state index contributed by atoms with van der Waals surface area (Å²) < 4.78 is 0. The van der Waals surface area contributed by atoms with E-state index in [4.69, 9.17) is 0 Å². The summed E-state index contributed by atoms with van der Waals surface area (Å²) in [6, 6.07) is 0.232. The molecule has 2 unspecified atom stereocenters. The largest absolute Gasteiger partial charge is 0.309 e. The number of aromatic nitrogens is 1. The Balaban J connectivity index is 2.55. The van der Waals surface area contributed by atoms with Gasteiger partial charge in [-0.05, 0) is 26.3 Å². The second-order valence-electron chi connectivity index (χ2n) is 4.55. The number of hydrogen-bond acceptors (Lipinski definition) is 4. The van der Waals surface area contributed by atoms with Gasteiger partial charge in [0.05, 0.1) is 5.69 Å². The predicted molar refractivity (Wildman–Crippen MR) is 76.9 cm³/mol. The van der Waals surface area contributed by atoms with Crippen LogP contribution in [0.3, 0.4) is 0 Å². The fourth-order valence-corrected chi connectivity index (χ4v) is 2.23. The first-order chi connectivity index (χ1) is 8.58. The first-order valence-corrected chi connectivity index (χ1v) is 7.46. The van der Waals surface area contributed by atoms with Crippen molar-refractivity contribution < 1.29 is 4.79 Å². The molecule has 2 N–H and O–H groups in total. The number of amides is 1. The molecule has 1 heterocycles. The van der Waals surface area contributed by atoms with Crippen molar-refractivity contribution in [1.29, 1.82) is 0 Å². The van der Waals surface area contributed by atoms with E-state index in [1.165, 1.54) is 11.3 Å². The van der Waals surface area contributed by atoms with Gasteiger partial charge in [-0.1, -0.05) is 20.8 Å². The highest BCUT2D eigenvalue weighted by Crippen LogP contribution is 2.21. The van der Waals surface area contributed by atoms with Gasteiger partial charge in [0, 0.05) is 17.3 Å². The minimum absolute atomic E-state index is 0.0352. The average Bonchev–Trinajstić information content (AvgIpc) is 2.83. The average molecular weight is 269 g/mol. The monoisotopic (exact) mass is 269 g/mol. The summed E-state index contributed by atoms with van der Waals surface area (Å²) in [6.45, 7) is 9.14. The molecule has 0 radical (unpaired) electrons. The molecule has 18 heavy (non-hydrogen) atoms. The molecule has 5 heteroatoms. The second-order valence-corrected chi connectivity index (χ2v) is 5.41. The molecule has 2 atom stereocenters. The maximum Gasteiger partial charge on any atom is 0.228 e. The van der Waals surface area contributed by atoms with Gasteiger partial charge in [-0.3, -0.25) is 4.79 Å². The fourth-order valence-electron chi connectivity index (χ4n) is 1.42. The van der Waals surface area contributed by atoms with Gasteiger partial charge in [-0.15, -0.1) is 11.3 Å². The van der Waals surface area contributed by atoms with E-state index in [0.29, 0.717) is 5.13 Å². The fraction of sp³-hybridized carbons (Fsp3) is 0.692. The lowest BCUT2D eigenvalue weighted by Gasteiger charge is -2.10. The number of nitrogens with one attached hydrogen (secondary N) is 2. The van der Waals surface area contributed by atoms with Crippen molar-refractivity contribution in [3.8, 4) is 0 Å². The number of thiazole rings is 1. The van der Waals surface area contributed by atoms with Crippen molar-refractivity contribution in [3.05, 3.63) is 11.1 Å². The number of rotatable bonds is 7. The molecule has 0 aliphatic carbocycles. The number of nitrogens with zero attached hydrogens (tertiary/aromatic N) is 1. The summed E-state index contributed by atoms with van der Waals surface area (Å²) in [7, 11) is 0. The van der Waals surface area contributed by atoms with E-state index in [9.17, 15) is 4.79 Å². The van der Waals surface area contributed by atoms with Crippen LogP contribution in [0.2, 0.25) is 0 Å². The Morgan fingerprint density at radius 1 is 1.44 bits per heavy atom. The van der Waals surface area contributed by atoms with Crippen molar-refractivity contribution in [1.82, 2.24) is 10.3 Å². The summed E-state index contributed by atoms with van der Waals surface area (Å²) in [6.07, 6.45) is 1.95. The molecule has 102 valence electrons. The van der Waals surface area contributed by atoms with Crippen molar-refractivity contribution >= 4 is 22.4 Å². The topological polar surface area (TPSA) is 54.0 Å². The molecule has 0 aromatic carbocycles. The highest BCUT2D eigenvalue weighted by molar-refractivity contribution is 7.13. The van der Waals surface area contributed by atoms with Crippen LogP contribution in [-0.4, -0.2) is 17.4 Å². The summed E-state index contributed by atoms with van der Waals surface area (Å²) in [5.41, 5.74) is 0.993. The maximum atomic E-state index is 11.7. The van der Waals surface area contributed by atoms with Crippen molar-refractivity contribution in [2.24, 2.45) is 5.92 Å². The second kappa shape index (κ2) is 7.48. The van der Waals surface area contributed by atoms with Crippen LogP contribution in [0.4, 0.5) is 5.13 Å². The maximum absolute atomic E-state index is 11.7. The minimum atomic E-state index is 0.0352. The van der Waals surface area contributed by atoms with E-state index in [-0.39, 0.29) is 17.9 Å². The molecule has 1 aromatic heterocycles.